The van der Waals surface area contributed by atoms with E-state index in [0.29, 0.717) is 23.7 Å². The average Bonchev–Trinajstić information content (AvgIpc) is 3.16. The molecule has 2 aromatic rings. The number of carbonyl (C=O) groups is 2. The Bertz CT molecular complexity index is 916. The van der Waals surface area contributed by atoms with E-state index in [4.69, 9.17) is 15.2 Å². The monoisotopic (exact) mass is 395 g/mol. The van der Waals surface area contributed by atoms with Crippen LogP contribution in [0.1, 0.15) is 25.3 Å². The number of carbonyl (C=O) groups excluding carboxylic acids is 2. The van der Waals surface area contributed by atoms with Crippen molar-refractivity contribution in [1.82, 2.24) is 4.90 Å². The highest BCUT2D eigenvalue weighted by molar-refractivity contribution is 5.95. The van der Waals surface area contributed by atoms with Crippen LogP contribution in [0.25, 0.3) is 0 Å². The van der Waals surface area contributed by atoms with Crippen LogP contribution in [0.5, 0.6) is 11.5 Å². The lowest BCUT2D eigenvalue weighted by molar-refractivity contribution is -0.128. The van der Waals surface area contributed by atoms with Crippen molar-refractivity contribution in [3.8, 4) is 11.5 Å². The van der Waals surface area contributed by atoms with Gasteiger partial charge in [-0.2, -0.15) is 0 Å². The number of benzene rings is 2. The number of hydrogen-bond acceptors (Lipinski definition) is 5. The third-order valence-corrected chi connectivity index (χ3v) is 5.37. The van der Waals surface area contributed by atoms with Crippen molar-refractivity contribution in [3.63, 3.8) is 0 Å². The molecule has 152 valence electrons. The molecule has 1 fully saturated rings. The molecule has 0 saturated carbocycles. The molecule has 2 aromatic carbocycles. The number of primary amides is 1. The normalized spacial score (nSPS) is 23.6. The molecule has 0 radical (unpaired) electrons. The second-order valence-corrected chi connectivity index (χ2v) is 7.53. The molecule has 7 heteroatoms. The zero-order valence-corrected chi connectivity index (χ0v) is 16.3. The summed E-state index contributed by atoms with van der Waals surface area (Å²) in [6.45, 7) is 3.27. The molecular weight excluding hydrogens is 370 g/mol. The number of anilines is 1. The lowest BCUT2D eigenvalue weighted by atomic mass is 10.1. The van der Waals surface area contributed by atoms with E-state index >= 15 is 0 Å². The Kier molecular flexibility index (Phi) is 5.40. The van der Waals surface area contributed by atoms with Gasteiger partial charge in [0.15, 0.2) is 11.5 Å². The number of nitrogens with zero attached hydrogens (tertiary/aromatic N) is 1. The van der Waals surface area contributed by atoms with E-state index in [1.54, 1.807) is 6.07 Å². The Morgan fingerprint density at radius 3 is 2.66 bits per heavy atom. The fourth-order valence-electron chi connectivity index (χ4n) is 3.94. The van der Waals surface area contributed by atoms with Crippen LogP contribution in [0.4, 0.5) is 5.69 Å². The smallest absolute Gasteiger partial charge is 0.269 e. The summed E-state index contributed by atoms with van der Waals surface area (Å²) in [4.78, 5) is 26.5. The van der Waals surface area contributed by atoms with Crippen molar-refractivity contribution in [2.45, 2.75) is 44.6 Å². The third-order valence-electron chi connectivity index (χ3n) is 5.37. The molecule has 2 aliphatic heterocycles. The van der Waals surface area contributed by atoms with E-state index in [1.165, 1.54) is 0 Å². The number of hydrogen-bond donors (Lipinski definition) is 2. The molecule has 3 N–H and O–H groups in total. The van der Waals surface area contributed by atoms with Gasteiger partial charge in [-0.15, -0.1) is 0 Å². The topological polar surface area (TPSA) is 93.9 Å². The Labute approximate surface area is 169 Å². The maximum atomic E-state index is 12.8. The van der Waals surface area contributed by atoms with Crippen molar-refractivity contribution in [2.75, 3.05) is 11.9 Å². The predicted molar refractivity (Wildman–Crippen MR) is 109 cm³/mol. The summed E-state index contributed by atoms with van der Waals surface area (Å²) in [7, 11) is 0. The summed E-state index contributed by atoms with van der Waals surface area (Å²) in [6.07, 6.45) is 0.604. The summed E-state index contributed by atoms with van der Waals surface area (Å²) in [5.74, 6) is 0.655. The van der Waals surface area contributed by atoms with Gasteiger partial charge in [-0.25, -0.2) is 0 Å². The highest BCUT2D eigenvalue weighted by atomic mass is 16.6. The van der Waals surface area contributed by atoms with Crippen LogP contribution in [0.2, 0.25) is 0 Å². The summed E-state index contributed by atoms with van der Waals surface area (Å²) < 4.78 is 11.7. The third kappa shape index (κ3) is 4.19. The number of para-hydroxylation sites is 2. The van der Waals surface area contributed by atoms with Gasteiger partial charge in [-0.3, -0.25) is 14.5 Å². The second kappa shape index (κ2) is 8.13. The number of ether oxygens (including phenoxy) is 2. The van der Waals surface area contributed by atoms with Crippen LogP contribution >= 0.6 is 0 Å². The lowest BCUT2D eigenvalue weighted by Crippen LogP contribution is -2.46. The van der Waals surface area contributed by atoms with Gasteiger partial charge >= 0.3 is 0 Å². The molecule has 7 nitrogen and oxygen atoms in total. The maximum absolute atomic E-state index is 12.8. The number of nitrogens with one attached hydrogen (secondary N) is 1. The highest BCUT2D eigenvalue weighted by Crippen LogP contribution is 2.33. The fraction of sp³-hybridized carbons (Fsp3) is 0.364. The summed E-state index contributed by atoms with van der Waals surface area (Å²) >= 11 is 0. The van der Waals surface area contributed by atoms with Gasteiger partial charge in [-0.1, -0.05) is 24.3 Å². The van der Waals surface area contributed by atoms with Crippen LogP contribution in [0, 0.1) is 0 Å². The van der Waals surface area contributed by atoms with Gasteiger partial charge in [0.1, 0.15) is 6.10 Å². The van der Waals surface area contributed by atoms with Gasteiger partial charge in [0.05, 0.1) is 6.04 Å². The Morgan fingerprint density at radius 1 is 1.14 bits per heavy atom. The standard InChI is InChI=1S/C22H25N3O4/c1-14-20(29-19-10-3-2-9-18(19)28-14)22(27)24-16-7-4-6-15(12-16)13-25-11-5-8-17(25)21(23)26/h2-4,6-7,9-10,12,14,17,20H,5,8,11,13H2,1H3,(H2,23,26)(H,24,27). The first-order valence-corrected chi connectivity index (χ1v) is 9.87. The van der Waals surface area contributed by atoms with E-state index in [9.17, 15) is 9.59 Å². The summed E-state index contributed by atoms with van der Waals surface area (Å²) in [5.41, 5.74) is 7.19. The minimum Gasteiger partial charge on any atom is -0.482 e. The molecule has 3 unspecified atom stereocenters. The van der Waals surface area contributed by atoms with Gasteiger partial charge < -0.3 is 20.5 Å². The molecule has 2 amide bonds. The molecule has 0 aromatic heterocycles. The lowest BCUT2D eigenvalue weighted by Gasteiger charge is -2.31. The Hall–Kier alpha value is -3.06. The average molecular weight is 395 g/mol. The summed E-state index contributed by atoms with van der Waals surface area (Å²) in [5, 5.41) is 2.92. The van der Waals surface area contributed by atoms with Gasteiger partial charge in [0, 0.05) is 12.2 Å². The molecule has 2 aliphatic rings. The first-order valence-electron chi connectivity index (χ1n) is 9.87. The second-order valence-electron chi connectivity index (χ2n) is 7.53. The van der Waals surface area contributed by atoms with E-state index in [0.717, 1.165) is 24.9 Å². The van der Waals surface area contributed by atoms with Crippen LogP contribution in [0.3, 0.4) is 0 Å². The first-order chi connectivity index (χ1) is 14.0. The molecule has 29 heavy (non-hydrogen) atoms. The number of amides is 2. The minimum absolute atomic E-state index is 0.220. The van der Waals surface area contributed by atoms with E-state index in [2.05, 4.69) is 10.2 Å². The van der Waals surface area contributed by atoms with Crippen molar-refractivity contribution in [2.24, 2.45) is 5.73 Å². The molecule has 2 heterocycles. The molecule has 1 saturated heterocycles. The van der Waals surface area contributed by atoms with Crippen molar-refractivity contribution in [3.05, 3.63) is 54.1 Å². The number of rotatable bonds is 5. The highest BCUT2D eigenvalue weighted by Gasteiger charge is 2.34. The summed E-state index contributed by atoms with van der Waals surface area (Å²) in [6, 6.07) is 14.7. The first kappa shape index (κ1) is 19.3. The molecule has 4 rings (SSSR count). The molecular formula is C22H25N3O4. The van der Waals surface area contributed by atoms with Crippen molar-refractivity contribution < 1.29 is 19.1 Å². The molecule has 0 spiro atoms. The van der Waals surface area contributed by atoms with Crippen LogP contribution in [0.15, 0.2) is 48.5 Å². The van der Waals surface area contributed by atoms with Gasteiger partial charge in [0.2, 0.25) is 12.0 Å². The minimum atomic E-state index is -0.744. The van der Waals surface area contributed by atoms with Crippen molar-refractivity contribution >= 4 is 17.5 Å². The number of likely N-dealkylation sites (tertiary alicyclic amines) is 1. The largest absolute Gasteiger partial charge is 0.482 e. The number of fused-ring (bicyclic) bond motifs is 1. The van der Waals surface area contributed by atoms with Crippen molar-refractivity contribution in [1.29, 1.82) is 0 Å². The zero-order chi connectivity index (χ0) is 20.4. The van der Waals surface area contributed by atoms with E-state index < -0.39 is 12.2 Å². The van der Waals surface area contributed by atoms with E-state index in [-0.39, 0.29) is 17.9 Å². The number of nitrogens with two attached hydrogens (primary N) is 1. The maximum Gasteiger partial charge on any atom is 0.269 e. The molecule has 0 aliphatic carbocycles. The Morgan fingerprint density at radius 2 is 1.90 bits per heavy atom. The Balaban J connectivity index is 1.43. The molecule has 3 atom stereocenters. The van der Waals surface area contributed by atoms with E-state index in [1.807, 2.05) is 49.4 Å². The SMILES string of the molecule is CC1Oc2ccccc2OC1C(=O)Nc1cccc(CN2CCCC2C(N)=O)c1. The zero-order valence-electron chi connectivity index (χ0n) is 16.3. The van der Waals surface area contributed by atoms with Gasteiger partial charge in [-0.05, 0) is 56.1 Å². The molecule has 0 bridgehead atoms. The van der Waals surface area contributed by atoms with Gasteiger partial charge in [0.25, 0.3) is 5.91 Å². The predicted octanol–water partition coefficient (Wildman–Crippen LogP) is 2.30. The van der Waals surface area contributed by atoms with Crippen LogP contribution in [-0.2, 0) is 16.1 Å². The fourth-order valence-corrected chi connectivity index (χ4v) is 3.94. The van der Waals surface area contributed by atoms with Crippen LogP contribution in [-0.4, -0.2) is 41.5 Å². The van der Waals surface area contributed by atoms with Crippen LogP contribution < -0.4 is 20.5 Å². The quantitative estimate of drug-likeness (QED) is 0.810.